The maximum Gasteiger partial charge on any atom is 0.255 e. The van der Waals surface area contributed by atoms with Crippen molar-refractivity contribution in [2.45, 2.75) is 57.2 Å². The Bertz CT molecular complexity index is 1470. The highest BCUT2D eigenvalue weighted by Gasteiger charge is 2.47. The number of benzene rings is 2. The Morgan fingerprint density at radius 1 is 1.14 bits per heavy atom. The standard InChI is InChI=1S/C28H29N5O4/c1-16-2-5-22-18(12-29-31-22)19(16)13-32-10-8-28(9-11-32)15-37-25-20-14-33(23-6-7-24(34)30-26(23)35)27(36)17(20)3-4-21(25)28/h2-5,12,23H,6-11,13-15H2,1H3,(H,29,31)(H,30,34,35). The number of rotatable bonds is 3. The lowest BCUT2D eigenvalue weighted by Crippen LogP contribution is -2.52. The first-order valence-electron chi connectivity index (χ1n) is 13.0. The summed E-state index contributed by atoms with van der Waals surface area (Å²) >= 11 is 0. The van der Waals surface area contributed by atoms with E-state index in [0.717, 1.165) is 49.3 Å². The van der Waals surface area contributed by atoms with Crippen LogP contribution in [0.3, 0.4) is 0 Å². The predicted octanol–water partition coefficient (Wildman–Crippen LogP) is 2.56. The summed E-state index contributed by atoms with van der Waals surface area (Å²) in [6.07, 6.45) is 4.51. The van der Waals surface area contributed by atoms with Crippen LogP contribution in [0.15, 0.2) is 30.5 Å². The molecule has 2 N–H and O–H groups in total. The number of aryl methyl sites for hydroxylation is 1. The Hall–Kier alpha value is -3.72. The molecule has 4 aliphatic rings. The fourth-order valence-corrected chi connectivity index (χ4v) is 6.66. The molecule has 3 aromatic rings. The largest absolute Gasteiger partial charge is 0.492 e. The van der Waals surface area contributed by atoms with Gasteiger partial charge in [-0.2, -0.15) is 5.10 Å². The van der Waals surface area contributed by atoms with E-state index in [-0.39, 0.29) is 29.6 Å². The molecule has 4 aliphatic heterocycles. The van der Waals surface area contributed by atoms with Crippen LogP contribution in [0.4, 0.5) is 0 Å². The molecule has 3 amide bonds. The van der Waals surface area contributed by atoms with Crippen LogP contribution in [-0.4, -0.2) is 63.5 Å². The summed E-state index contributed by atoms with van der Waals surface area (Å²) in [5.41, 5.74) is 6.32. The number of imide groups is 1. The summed E-state index contributed by atoms with van der Waals surface area (Å²) in [5, 5.41) is 10.9. The number of carbonyl (C=O) groups excluding carboxylic acids is 3. The number of fused-ring (bicyclic) bond motifs is 5. The number of nitrogens with one attached hydrogen (secondary N) is 2. The molecule has 0 saturated carbocycles. The molecule has 2 aromatic carbocycles. The van der Waals surface area contributed by atoms with Gasteiger partial charge in [-0.15, -0.1) is 0 Å². The highest BCUT2D eigenvalue weighted by Crippen LogP contribution is 2.49. The van der Waals surface area contributed by atoms with Gasteiger partial charge in [0.05, 0.1) is 24.9 Å². The number of piperidine rings is 2. The molecule has 1 atom stereocenters. The minimum Gasteiger partial charge on any atom is -0.492 e. The Morgan fingerprint density at radius 2 is 1.97 bits per heavy atom. The van der Waals surface area contributed by atoms with Gasteiger partial charge in [0.1, 0.15) is 11.8 Å². The summed E-state index contributed by atoms with van der Waals surface area (Å²) in [4.78, 5) is 41.3. The van der Waals surface area contributed by atoms with E-state index < -0.39 is 6.04 Å². The molecule has 0 radical (unpaired) electrons. The van der Waals surface area contributed by atoms with Gasteiger partial charge in [0.25, 0.3) is 5.91 Å². The van der Waals surface area contributed by atoms with E-state index in [1.807, 2.05) is 12.3 Å². The third-order valence-corrected chi connectivity index (χ3v) is 8.90. The predicted molar refractivity (Wildman–Crippen MR) is 135 cm³/mol. The minimum atomic E-state index is -0.616. The van der Waals surface area contributed by atoms with Crippen LogP contribution < -0.4 is 10.1 Å². The summed E-state index contributed by atoms with van der Waals surface area (Å²) in [7, 11) is 0. The van der Waals surface area contributed by atoms with Crippen LogP contribution >= 0.6 is 0 Å². The number of aromatic amines is 1. The number of likely N-dealkylation sites (tertiary alicyclic amines) is 1. The molecule has 190 valence electrons. The Kier molecular flexibility index (Phi) is 4.95. The number of carbonyl (C=O) groups is 3. The summed E-state index contributed by atoms with van der Waals surface area (Å²) in [5.74, 6) is 0.00301. The van der Waals surface area contributed by atoms with Crippen molar-refractivity contribution in [1.82, 2.24) is 25.3 Å². The number of ether oxygens (including phenoxy) is 1. The molecule has 2 fully saturated rings. The van der Waals surface area contributed by atoms with Crippen LogP contribution in [0.2, 0.25) is 0 Å². The lowest BCUT2D eigenvalue weighted by molar-refractivity contribution is -0.136. The first kappa shape index (κ1) is 22.5. The third kappa shape index (κ3) is 3.40. The summed E-state index contributed by atoms with van der Waals surface area (Å²) < 4.78 is 6.32. The quantitative estimate of drug-likeness (QED) is 0.537. The van der Waals surface area contributed by atoms with E-state index in [2.05, 4.69) is 45.5 Å². The third-order valence-electron chi connectivity index (χ3n) is 8.90. The molecule has 0 aliphatic carbocycles. The number of amides is 3. The molecule has 1 unspecified atom stereocenters. The molecular weight excluding hydrogens is 470 g/mol. The van der Waals surface area contributed by atoms with Crippen molar-refractivity contribution in [2.75, 3.05) is 19.7 Å². The van der Waals surface area contributed by atoms with Crippen molar-refractivity contribution >= 4 is 28.6 Å². The molecule has 2 saturated heterocycles. The second-order valence-electron chi connectivity index (χ2n) is 10.9. The van der Waals surface area contributed by atoms with Crippen LogP contribution in [0.25, 0.3) is 10.9 Å². The molecule has 7 rings (SSSR count). The summed E-state index contributed by atoms with van der Waals surface area (Å²) in [6.45, 7) is 5.96. The van der Waals surface area contributed by atoms with Crippen molar-refractivity contribution in [3.63, 3.8) is 0 Å². The number of hydrogen-bond donors (Lipinski definition) is 2. The SMILES string of the molecule is Cc1ccc2[nH]ncc2c1CN1CCC2(CC1)COc1c2ccc2c1CN(C1CCC(=O)NC1=O)C2=O. The second kappa shape index (κ2) is 8.14. The smallest absolute Gasteiger partial charge is 0.255 e. The Labute approximate surface area is 214 Å². The van der Waals surface area contributed by atoms with Crippen LogP contribution in [0, 0.1) is 6.92 Å². The average Bonchev–Trinajstić information content (AvgIpc) is 3.59. The van der Waals surface area contributed by atoms with Gasteiger partial charge in [-0.25, -0.2) is 0 Å². The molecule has 9 heteroatoms. The van der Waals surface area contributed by atoms with Crippen LogP contribution in [0.5, 0.6) is 5.75 Å². The van der Waals surface area contributed by atoms with E-state index in [0.29, 0.717) is 25.1 Å². The van der Waals surface area contributed by atoms with E-state index in [9.17, 15) is 14.4 Å². The van der Waals surface area contributed by atoms with E-state index in [1.165, 1.54) is 22.1 Å². The van der Waals surface area contributed by atoms with Gasteiger partial charge in [0, 0.05) is 40.5 Å². The zero-order chi connectivity index (χ0) is 25.3. The Balaban J connectivity index is 1.10. The number of nitrogens with zero attached hydrogens (tertiary/aromatic N) is 3. The van der Waals surface area contributed by atoms with Crippen molar-refractivity contribution in [1.29, 1.82) is 0 Å². The topological polar surface area (TPSA) is 108 Å². The molecule has 1 spiro atoms. The zero-order valence-corrected chi connectivity index (χ0v) is 20.8. The molecule has 37 heavy (non-hydrogen) atoms. The van der Waals surface area contributed by atoms with Crippen LogP contribution in [-0.2, 0) is 28.1 Å². The first-order chi connectivity index (χ1) is 17.9. The highest BCUT2D eigenvalue weighted by atomic mass is 16.5. The molecule has 9 nitrogen and oxygen atoms in total. The fourth-order valence-electron chi connectivity index (χ4n) is 6.66. The van der Waals surface area contributed by atoms with Gasteiger partial charge in [-0.1, -0.05) is 12.1 Å². The Morgan fingerprint density at radius 3 is 2.78 bits per heavy atom. The number of hydrogen-bond acceptors (Lipinski definition) is 6. The van der Waals surface area contributed by atoms with Gasteiger partial charge >= 0.3 is 0 Å². The zero-order valence-electron chi connectivity index (χ0n) is 20.8. The van der Waals surface area contributed by atoms with Gasteiger partial charge in [0.2, 0.25) is 11.8 Å². The van der Waals surface area contributed by atoms with Gasteiger partial charge in [0.15, 0.2) is 0 Å². The monoisotopic (exact) mass is 499 g/mol. The van der Waals surface area contributed by atoms with E-state index >= 15 is 0 Å². The maximum absolute atomic E-state index is 13.2. The normalized spacial score (nSPS) is 22.9. The average molecular weight is 500 g/mol. The van der Waals surface area contributed by atoms with Crippen molar-refractivity contribution in [3.8, 4) is 5.75 Å². The lowest BCUT2D eigenvalue weighted by Gasteiger charge is -2.38. The lowest BCUT2D eigenvalue weighted by atomic mass is 9.74. The van der Waals surface area contributed by atoms with Gasteiger partial charge in [-0.3, -0.25) is 29.7 Å². The molecule has 5 heterocycles. The first-order valence-corrected chi connectivity index (χ1v) is 13.0. The second-order valence-corrected chi connectivity index (χ2v) is 10.9. The molecule has 0 bridgehead atoms. The van der Waals surface area contributed by atoms with E-state index in [4.69, 9.17) is 4.74 Å². The highest BCUT2D eigenvalue weighted by molar-refractivity contribution is 6.05. The molecule has 1 aromatic heterocycles. The van der Waals surface area contributed by atoms with Gasteiger partial charge in [-0.05, 0) is 62.5 Å². The number of H-pyrrole nitrogens is 1. The van der Waals surface area contributed by atoms with Gasteiger partial charge < -0.3 is 9.64 Å². The van der Waals surface area contributed by atoms with Crippen molar-refractivity contribution in [2.24, 2.45) is 0 Å². The van der Waals surface area contributed by atoms with Crippen molar-refractivity contribution < 1.29 is 19.1 Å². The number of aromatic nitrogens is 2. The molecular formula is C28H29N5O4. The van der Waals surface area contributed by atoms with Crippen LogP contribution in [0.1, 0.15) is 58.3 Å². The van der Waals surface area contributed by atoms with E-state index in [1.54, 1.807) is 4.90 Å². The maximum atomic E-state index is 13.2. The summed E-state index contributed by atoms with van der Waals surface area (Å²) in [6, 6.07) is 7.61. The fraction of sp³-hybridized carbons (Fsp3) is 0.429. The minimum absolute atomic E-state index is 0.0529. The van der Waals surface area contributed by atoms with Crippen molar-refractivity contribution in [3.05, 3.63) is 58.3 Å².